The van der Waals surface area contributed by atoms with Crippen LogP contribution in [0.4, 0.5) is 11.4 Å². The van der Waals surface area contributed by atoms with Crippen LogP contribution in [-0.4, -0.2) is 21.5 Å². The monoisotopic (exact) mass is 448 g/mol. The second-order valence-electron chi connectivity index (χ2n) is 6.46. The number of benzene rings is 2. The molecule has 0 spiro atoms. The number of thiocarbonyl (C=S) groups is 1. The summed E-state index contributed by atoms with van der Waals surface area (Å²) in [5.41, 5.74) is 4.52. The van der Waals surface area contributed by atoms with E-state index in [1.165, 1.54) is 0 Å². The normalized spacial score (nSPS) is 10.7. The lowest BCUT2D eigenvalue weighted by Gasteiger charge is -2.14. The maximum atomic E-state index is 6.13. The summed E-state index contributed by atoms with van der Waals surface area (Å²) >= 11 is 17.6. The molecule has 29 heavy (non-hydrogen) atoms. The van der Waals surface area contributed by atoms with Crippen molar-refractivity contribution >= 4 is 51.9 Å². The molecule has 0 bridgehead atoms. The van der Waals surface area contributed by atoms with Gasteiger partial charge in [-0.1, -0.05) is 41.4 Å². The highest BCUT2D eigenvalue weighted by molar-refractivity contribution is 7.80. The van der Waals surface area contributed by atoms with Gasteiger partial charge in [0.2, 0.25) is 0 Å². The van der Waals surface area contributed by atoms with Crippen molar-refractivity contribution in [1.82, 2.24) is 9.78 Å². The molecule has 3 rings (SSSR count). The number of hydrogen-bond donors (Lipinski definition) is 2. The Morgan fingerprint density at radius 3 is 2.59 bits per heavy atom. The molecule has 8 heteroatoms. The molecule has 152 valence electrons. The molecular weight excluding hydrogens is 427 g/mol. The van der Waals surface area contributed by atoms with E-state index in [0.717, 1.165) is 34.1 Å². The Hall–Kier alpha value is -2.28. The third-order valence-corrected chi connectivity index (χ3v) is 5.31. The zero-order chi connectivity index (χ0) is 21.0. The molecule has 0 saturated heterocycles. The van der Waals surface area contributed by atoms with Gasteiger partial charge in [-0.2, -0.15) is 5.10 Å². The molecule has 0 atom stereocenters. The fraction of sp³-hybridized carbons (Fsp3) is 0.238. The summed E-state index contributed by atoms with van der Waals surface area (Å²) in [6, 6.07) is 13.3. The highest BCUT2D eigenvalue weighted by Gasteiger charge is 2.14. The number of para-hydroxylation sites is 2. The van der Waals surface area contributed by atoms with Gasteiger partial charge in [0.05, 0.1) is 46.0 Å². The first-order valence-corrected chi connectivity index (χ1v) is 10.3. The molecule has 2 aromatic carbocycles. The smallest absolute Gasteiger partial charge is 0.175 e. The van der Waals surface area contributed by atoms with Crippen molar-refractivity contribution in [2.75, 3.05) is 17.2 Å². The van der Waals surface area contributed by atoms with Gasteiger partial charge in [0.15, 0.2) is 5.11 Å². The first-order chi connectivity index (χ1) is 13.9. The molecule has 0 unspecified atom stereocenters. The van der Waals surface area contributed by atoms with Crippen molar-refractivity contribution in [3.8, 4) is 5.75 Å². The number of nitrogens with zero attached hydrogens (tertiary/aromatic N) is 2. The summed E-state index contributed by atoms with van der Waals surface area (Å²) in [5.74, 6) is 0.753. The number of anilines is 2. The van der Waals surface area contributed by atoms with Crippen LogP contribution in [0.25, 0.3) is 0 Å². The Kier molecular flexibility index (Phi) is 7.00. The van der Waals surface area contributed by atoms with Crippen LogP contribution >= 0.6 is 35.4 Å². The summed E-state index contributed by atoms with van der Waals surface area (Å²) in [5, 5.41) is 12.6. The van der Waals surface area contributed by atoms with Gasteiger partial charge >= 0.3 is 0 Å². The van der Waals surface area contributed by atoms with E-state index in [2.05, 4.69) is 15.7 Å². The highest BCUT2D eigenvalue weighted by atomic mass is 35.5. The molecule has 0 aliphatic heterocycles. The van der Waals surface area contributed by atoms with Gasteiger partial charge < -0.3 is 15.4 Å². The second-order valence-corrected chi connectivity index (χ2v) is 7.68. The summed E-state index contributed by atoms with van der Waals surface area (Å²) in [6.07, 6.45) is 0. The van der Waals surface area contributed by atoms with Crippen LogP contribution in [0.5, 0.6) is 5.75 Å². The quantitative estimate of drug-likeness (QED) is 0.448. The van der Waals surface area contributed by atoms with E-state index >= 15 is 0 Å². The van der Waals surface area contributed by atoms with Crippen LogP contribution in [0.2, 0.25) is 10.0 Å². The van der Waals surface area contributed by atoms with Crippen molar-refractivity contribution in [3.05, 3.63) is 69.5 Å². The van der Waals surface area contributed by atoms with E-state index in [4.69, 9.17) is 40.2 Å². The summed E-state index contributed by atoms with van der Waals surface area (Å²) < 4.78 is 7.55. The third-order valence-electron chi connectivity index (χ3n) is 4.37. The average molecular weight is 449 g/mol. The predicted molar refractivity (Wildman–Crippen MR) is 125 cm³/mol. The van der Waals surface area contributed by atoms with Crippen LogP contribution in [-0.2, 0) is 6.54 Å². The van der Waals surface area contributed by atoms with Gasteiger partial charge in [0.1, 0.15) is 5.75 Å². The van der Waals surface area contributed by atoms with Crippen molar-refractivity contribution in [2.45, 2.75) is 27.3 Å². The van der Waals surface area contributed by atoms with Crippen LogP contribution in [0.3, 0.4) is 0 Å². The molecule has 3 aromatic rings. The van der Waals surface area contributed by atoms with E-state index < -0.39 is 0 Å². The van der Waals surface area contributed by atoms with E-state index in [1.807, 2.05) is 61.9 Å². The van der Waals surface area contributed by atoms with Gasteiger partial charge in [0, 0.05) is 0 Å². The SMILES string of the molecule is CCOc1ccccc1NC(=S)Nc1c(C)nn(Cc2ccc(Cl)c(Cl)c2)c1C. The topological polar surface area (TPSA) is 51.1 Å². The highest BCUT2D eigenvalue weighted by Crippen LogP contribution is 2.26. The summed E-state index contributed by atoms with van der Waals surface area (Å²) in [7, 11) is 0. The standard InChI is InChI=1S/C21H22Cl2N4OS/c1-4-28-19-8-6-5-7-18(19)24-21(29)25-20-13(2)26-27(14(20)3)12-15-9-10-16(22)17(23)11-15/h5-11H,4,12H2,1-3H3,(H2,24,25,29). The van der Waals surface area contributed by atoms with Crippen LogP contribution in [0.15, 0.2) is 42.5 Å². The number of halogens is 2. The molecule has 1 heterocycles. The molecule has 0 amide bonds. The average Bonchev–Trinajstić information content (AvgIpc) is 2.94. The van der Waals surface area contributed by atoms with E-state index in [0.29, 0.717) is 28.3 Å². The fourth-order valence-corrected chi connectivity index (χ4v) is 3.49. The lowest BCUT2D eigenvalue weighted by Crippen LogP contribution is -2.20. The predicted octanol–water partition coefficient (Wildman–Crippen LogP) is 6.06. The van der Waals surface area contributed by atoms with Gasteiger partial charge in [-0.15, -0.1) is 0 Å². The van der Waals surface area contributed by atoms with Gasteiger partial charge in [-0.05, 0) is 62.8 Å². The second kappa shape index (κ2) is 9.48. The zero-order valence-corrected chi connectivity index (χ0v) is 18.8. The third kappa shape index (κ3) is 5.21. The Balaban J connectivity index is 1.75. The zero-order valence-electron chi connectivity index (χ0n) is 16.4. The minimum atomic E-state index is 0.470. The van der Waals surface area contributed by atoms with Gasteiger partial charge in [-0.3, -0.25) is 4.68 Å². The minimum Gasteiger partial charge on any atom is -0.492 e. The van der Waals surface area contributed by atoms with Crippen LogP contribution in [0, 0.1) is 13.8 Å². The Labute approximate surface area is 186 Å². The number of aromatic nitrogens is 2. The lowest BCUT2D eigenvalue weighted by atomic mass is 10.2. The first kappa shape index (κ1) is 21.4. The maximum Gasteiger partial charge on any atom is 0.175 e. The van der Waals surface area contributed by atoms with Crippen molar-refractivity contribution in [1.29, 1.82) is 0 Å². The summed E-state index contributed by atoms with van der Waals surface area (Å²) in [6.45, 7) is 7.05. The molecule has 0 fully saturated rings. The molecule has 0 radical (unpaired) electrons. The summed E-state index contributed by atoms with van der Waals surface area (Å²) in [4.78, 5) is 0. The Morgan fingerprint density at radius 1 is 1.10 bits per heavy atom. The number of nitrogens with one attached hydrogen (secondary N) is 2. The van der Waals surface area contributed by atoms with Crippen molar-refractivity contribution < 1.29 is 4.74 Å². The van der Waals surface area contributed by atoms with Crippen molar-refractivity contribution in [3.63, 3.8) is 0 Å². The molecule has 0 saturated carbocycles. The van der Waals surface area contributed by atoms with Gasteiger partial charge in [0.25, 0.3) is 0 Å². The molecule has 1 aromatic heterocycles. The van der Waals surface area contributed by atoms with Crippen LogP contribution < -0.4 is 15.4 Å². The maximum absolute atomic E-state index is 6.13. The molecule has 0 aliphatic rings. The Morgan fingerprint density at radius 2 is 1.86 bits per heavy atom. The number of hydrogen-bond acceptors (Lipinski definition) is 3. The number of ether oxygens (including phenoxy) is 1. The molecule has 2 N–H and O–H groups in total. The minimum absolute atomic E-state index is 0.470. The molecular formula is C21H22Cl2N4OS. The molecule has 5 nitrogen and oxygen atoms in total. The lowest BCUT2D eigenvalue weighted by molar-refractivity contribution is 0.342. The largest absolute Gasteiger partial charge is 0.492 e. The fourth-order valence-electron chi connectivity index (χ4n) is 2.96. The number of rotatable bonds is 6. The van der Waals surface area contributed by atoms with Crippen molar-refractivity contribution in [2.24, 2.45) is 0 Å². The van der Waals surface area contributed by atoms with Crippen LogP contribution in [0.1, 0.15) is 23.9 Å². The van der Waals surface area contributed by atoms with E-state index in [1.54, 1.807) is 6.07 Å². The van der Waals surface area contributed by atoms with E-state index in [-0.39, 0.29) is 0 Å². The first-order valence-electron chi connectivity index (χ1n) is 9.16. The number of aryl methyl sites for hydroxylation is 1. The van der Waals surface area contributed by atoms with E-state index in [9.17, 15) is 0 Å². The van der Waals surface area contributed by atoms with Gasteiger partial charge in [-0.25, -0.2) is 0 Å². The molecule has 0 aliphatic carbocycles. The Bertz CT molecular complexity index is 1040.